The van der Waals surface area contributed by atoms with Gasteiger partial charge in [-0.3, -0.25) is 0 Å². The van der Waals surface area contributed by atoms with Gasteiger partial charge in [-0.15, -0.1) is 0 Å². The van der Waals surface area contributed by atoms with Crippen molar-refractivity contribution in [2.45, 2.75) is 52.4 Å². The zero-order valence-corrected chi connectivity index (χ0v) is 16.7. The molecule has 0 amide bonds. The first-order valence-corrected chi connectivity index (χ1v) is 8.64. The standard InChI is InChI=1S/C15H22O3.C7H6O2/c1-14(2,3)10-7-9(13(17)18)8-11(12(10)16)15(4,5)6;8-7(9)6-4-2-1-3-5-6/h7-8,16H,1-6H3,(H,17,18);1-5H,(H,8,9). The lowest BCUT2D eigenvalue weighted by Crippen LogP contribution is -2.18. The van der Waals surface area contributed by atoms with E-state index in [0.29, 0.717) is 16.7 Å². The Bertz CT molecular complexity index is 774. The second kappa shape index (κ2) is 8.25. The van der Waals surface area contributed by atoms with Gasteiger partial charge in [0.15, 0.2) is 0 Å². The van der Waals surface area contributed by atoms with Gasteiger partial charge in [0.2, 0.25) is 0 Å². The number of aromatic carboxylic acids is 2. The molecule has 5 nitrogen and oxygen atoms in total. The van der Waals surface area contributed by atoms with Crippen molar-refractivity contribution in [3.05, 3.63) is 64.7 Å². The Labute approximate surface area is 160 Å². The first kappa shape index (κ1) is 22.2. The van der Waals surface area contributed by atoms with Crippen LogP contribution < -0.4 is 0 Å². The first-order valence-electron chi connectivity index (χ1n) is 8.64. The minimum atomic E-state index is -0.967. The minimum Gasteiger partial charge on any atom is -0.507 e. The summed E-state index contributed by atoms with van der Waals surface area (Å²) < 4.78 is 0. The summed E-state index contributed by atoms with van der Waals surface area (Å²) in [7, 11) is 0. The van der Waals surface area contributed by atoms with Gasteiger partial charge in [0.05, 0.1) is 11.1 Å². The van der Waals surface area contributed by atoms with Crippen molar-refractivity contribution in [1.29, 1.82) is 0 Å². The summed E-state index contributed by atoms with van der Waals surface area (Å²) in [6.45, 7) is 11.8. The number of hydrogen-bond donors (Lipinski definition) is 3. The molecular formula is C22H28O5. The molecule has 0 aliphatic carbocycles. The third-order valence-corrected chi connectivity index (χ3v) is 3.99. The molecule has 0 saturated carbocycles. The number of rotatable bonds is 2. The Hall–Kier alpha value is -2.82. The number of phenolic OH excluding ortho intramolecular Hbond substituents is 1. The molecule has 2 aromatic carbocycles. The van der Waals surface area contributed by atoms with Gasteiger partial charge in [0, 0.05) is 11.1 Å². The highest BCUT2D eigenvalue weighted by molar-refractivity contribution is 5.89. The van der Waals surface area contributed by atoms with Crippen LogP contribution in [0.3, 0.4) is 0 Å². The van der Waals surface area contributed by atoms with Crippen molar-refractivity contribution in [3.8, 4) is 5.75 Å². The minimum absolute atomic E-state index is 0.208. The lowest BCUT2D eigenvalue weighted by Gasteiger charge is -2.27. The van der Waals surface area contributed by atoms with Gasteiger partial charge in [-0.25, -0.2) is 9.59 Å². The second-order valence-corrected chi connectivity index (χ2v) is 8.40. The van der Waals surface area contributed by atoms with Crippen LogP contribution in [-0.2, 0) is 10.8 Å². The fraction of sp³-hybridized carbons (Fsp3) is 0.364. The van der Waals surface area contributed by atoms with E-state index >= 15 is 0 Å². The highest BCUT2D eigenvalue weighted by Gasteiger charge is 2.27. The Morgan fingerprint density at radius 3 is 1.33 bits per heavy atom. The zero-order chi connectivity index (χ0) is 21.0. The normalized spacial score (nSPS) is 11.3. The molecule has 0 spiro atoms. The van der Waals surface area contributed by atoms with Crippen LogP contribution in [0.1, 0.15) is 73.4 Å². The van der Waals surface area contributed by atoms with Crippen molar-refractivity contribution >= 4 is 11.9 Å². The molecule has 0 radical (unpaired) electrons. The van der Waals surface area contributed by atoms with Crippen molar-refractivity contribution < 1.29 is 24.9 Å². The van der Waals surface area contributed by atoms with E-state index in [1.54, 1.807) is 42.5 Å². The lowest BCUT2D eigenvalue weighted by molar-refractivity contribution is 0.0686. The van der Waals surface area contributed by atoms with Crippen LogP contribution in [0.15, 0.2) is 42.5 Å². The maximum absolute atomic E-state index is 11.2. The number of aromatic hydroxyl groups is 1. The molecule has 146 valence electrons. The average molecular weight is 372 g/mol. The fourth-order valence-corrected chi connectivity index (χ4v) is 2.48. The van der Waals surface area contributed by atoms with Crippen molar-refractivity contribution in [3.63, 3.8) is 0 Å². The van der Waals surface area contributed by atoms with Gasteiger partial charge in [-0.2, -0.15) is 0 Å². The molecule has 0 saturated heterocycles. The fourth-order valence-electron chi connectivity index (χ4n) is 2.48. The van der Waals surface area contributed by atoms with Crippen LogP contribution in [0.2, 0.25) is 0 Å². The van der Waals surface area contributed by atoms with Gasteiger partial charge >= 0.3 is 11.9 Å². The predicted octanol–water partition coefficient (Wildman–Crippen LogP) is 5.07. The van der Waals surface area contributed by atoms with Crippen molar-refractivity contribution in [2.24, 2.45) is 0 Å². The summed E-state index contributed by atoms with van der Waals surface area (Å²) in [6, 6.07) is 11.4. The molecule has 0 atom stereocenters. The summed E-state index contributed by atoms with van der Waals surface area (Å²) in [5.74, 6) is -1.64. The van der Waals surface area contributed by atoms with Gasteiger partial charge in [0.25, 0.3) is 0 Å². The molecule has 2 rings (SSSR count). The molecule has 5 heteroatoms. The van der Waals surface area contributed by atoms with E-state index in [-0.39, 0.29) is 22.1 Å². The molecule has 0 bridgehead atoms. The average Bonchev–Trinajstić information content (AvgIpc) is 2.54. The zero-order valence-electron chi connectivity index (χ0n) is 16.7. The summed E-state index contributed by atoms with van der Waals surface area (Å²) in [6.07, 6.45) is 0. The number of carboxylic acid groups (broad SMARTS) is 2. The SMILES string of the molecule is CC(C)(C)c1cc(C(=O)O)cc(C(C)(C)C)c1O.O=C(O)c1ccccc1. The van der Waals surface area contributed by atoms with E-state index in [9.17, 15) is 19.8 Å². The summed E-state index contributed by atoms with van der Waals surface area (Å²) in [5, 5.41) is 27.9. The molecule has 0 fully saturated rings. The molecule has 3 N–H and O–H groups in total. The molecule has 2 aromatic rings. The van der Waals surface area contributed by atoms with Gasteiger partial charge in [-0.05, 0) is 35.1 Å². The highest BCUT2D eigenvalue weighted by Crippen LogP contribution is 2.39. The molecule has 0 aliphatic heterocycles. The highest BCUT2D eigenvalue weighted by atomic mass is 16.4. The largest absolute Gasteiger partial charge is 0.507 e. The van der Waals surface area contributed by atoms with E-state index in [1.165, 1.54) is 0 Å². The Morgan fingerprint density at radius 1 is 0.704 bits per heavy atom. The summed E-state index contributed by atoms with van der Waals surface area (Å²) >= 11 is 0. The molecule has 0 aromatic heterocycles. The summed E-state index contributed by atoms with van der Waals surface area (Å²) in [4.78, 5) is 21.4. The van der Waals surface area contributed by atoms with E-state index < -0.39 is 11.9 Å². The quantitative estimate of drug-likeness (QED) is 0.684. The Morgan fingerprint density at radius 2 is 1.07 bits per heavy atom. The van der Waals surface area contributed by atoms with E-state index in [2.05, 4.69) is 0 Å². The number of phenols is 1. The topological polar surface area (TPSA) is 94.8 Å². The number of hydrogen-bond acceptors (Lipinski definition) is 3. The van der Waals surface area contributed by atoms with Crippen LogP contribution in [0.4, 0.5) is 0 Å². The van der Waals surface area contributed by atoms with Gasteiger partial charge < -0.3 is 15.3 Å². The third kappa shape index (κ3) is 6.13. The van der Waals surface area contributed by atoms with Crippen LogP contribution >= 0.6 is 0 Å². The van der Waals surface area contributed by atoms with E-state index in [4.69, 9.17) is 5.11 Å². The Kier molecular flexibility index (Phi) is 6.79. The van der Waals surface area contributed by atoms with E-state index in [0.717, 1.165) is 0 Å². The number of benzene rings is 2. The van der Waals surface area contributed by atoms with Crippen molar-refractivity contribution in [2.75, 3.05) is 0 Å². The summed E-state index contributed by atoms with van der Waals surface area (Å²) in [5.41, 5.74) is 1.31. The molecular weight excluding hydrogens is 344 g/mol. The molecule has 0 heterocycles. The molecule has 0 aliphatic rings. The van der Waals surface area contributed by atoms with Crippen molar-refractivity contribution in [1.82, 2.24) is 0 Å². The van der Waals surface area contributed by atoms with Crippen LogP contribution in [0.25, 0.3) is 0 Å². The van der Waals surface area contributed by atoms with Crippen LogP contribution in [0.5, 0.6) is 5.75 Å². The Balaban J connectivity index is 0.000000337. The lowest BCUT2D eigenvalue weighted by atomic mass is 9.78. The van der Waals surface area contributed by atoms with Gasteiger partial charge in [-0.1, -0.05) is 59.7 Å². The molecule has 0 unspecified atom stereocenters. The maximum Gasteiger partial charge on any atom is 0.335 e. The number of carboxylic acids is 2. The monoisotopic (exact) mass is 372 g/mol. The van der Waals surface area contributed by atoms with Crippen LogP contribution in [0, 0.1) is 0 Å². The predicted molar refractivity (Wildman–Crippen MR) is 106 cm³/mol. The second-order valence-electron chi connectivity index (χ2n) is 8.40. The van der Waals surface area contributed by atoms with E-state index in [1.807, 2.05) is 41.5 Å². The first-order chi connectivity index (χ1) is 12.2. The number of carbonyl (C=O) groups is 2. The smallest absolute Gasteiger partial charge is 0.335 e. The van der Waals surface area contributed by atoms with Crippen LogP contribution in [-0.4, -0.2) is 27.3 Å². The van der Waals surface area contributed by atoms with Gasteiger partial charge in [0.1, 0.15) is 5.75 Å². The molecule has 27 heavy (non-hydrogen) atoms. The maximum atomic E-state index is 11.2. The third-order valence-electron chi connectivity index (χ3n) is 3.99.